The van der Waals surface area contributed by atoms with E-state index in [2.05, 4.69) is 0 Å². The van der Waals surface area contributed by atoms with Crippen LogP contribution in [0.25, 0.3) is 0 Å². The lowest BCUT2D eigenvalue weighted by Crippen LogP contribution is -2.37. The molecule has 0 aromatic carbocycles. The highest BCUT2D eigenvalue weighted by Crippen LogP contribution is 2.26. The molecule has 5 nitrogen and oxygen atoms in total. The monoisotopic (exact) mass is 214 g/mol. The van der Waals surface area contributed by atoms with Crippen molar-refractivity contribution in [2.45, 2.75) is 31.3 Å². The summed E-state index contributed by atoms with van der Waals surface area (Å²) in [5.41, 5.74) is 0. The first kappa shape index (κ1) is 10.6. The Morgan fingerprint density at radius 1 is 1.60 bits per heavy atom. The van der Waals surface area contributed by atoms with Gasteiger partial charge in [-0.2, -0.15) is 0 Å². The molecule has 1 saturated heterocycles. The summed E-state index contributed by atoms with van der Waals surface area (Å²) in [6.45, 7) is 2.83. The molecule has 2 heterocycles. The summed E-state index contributed by atoms with van der Waals surface area (Å²) in [5, 5.41) is 9.80. The van der Waals surface area contributed by atoms with Crippen LogP contribution >= 0.6 is 0 Å². The average molecular weight is 214 g/mol. The predicted octanol–water partition coefficient (Wildman–Crippen LogP) is -0.0180. The molecular formula is C10H14O5. The van der Waals surface area contributed by atoms with Gasteiger partial charge in [0.15, 0.2) is 5.79 Å². The van der Waals surface area contributed by atoms with Gasteiger partial charge in [0.2, 0.25) is 0 Å². The third-order valence-corrected chi connectivity index (χ3v) is 2.53. The van der Waals surface area contributed by atoms with E-state index >= 15 is 0 Å². The zero-order valence-corrected chi connectivity index (χ0v) is 8.51. The van der Waals surface area contributed by atoms with E-state index in [4.69, 9.17) is 14.2 Å². The molecule has 0 aliphatic carbocycles. The molecular weight excluding hydrogens is 200 g/mol. The normalized spacial score (nSPS) is 30.5. The fraction of sp³-hybridized carbons (Fsp3) is 0.700. The lowest BCUT2D eigenvalue weighted by molar-refractivity contribution is -0.174. The molecule has 0 amide bonds. The number of cyclic esters (lactones) is 1. The third kappa shape index (κ3) is 2.37. The summed E-state index contributed by atoms with van der Waals surface area (Å²) < 4.78 is 15.6. The van der Waals surface area contributed by atoms with Gasteiger partial charge >= 0.3 is 5.97 Å². The molecule has 1 fully saturated rings. The van der Waals surface area contributed by atoms with Crippen molar-refractivity contribution in [1.82, 2.24) is 0 Å². The minimum atomic E-state index is -0.796. The number of carbonyl (C=O) groups excluding carboxylic acids is 1. The van der Waals surface area contributed by atoms with Gasteiger partial charge in [0.1, 0.15) is 6.10 Å². The van der Waals surface area contributed by atoms with Crippen LogP contribution in [0, 0.1) is 0 Å². The van der Waals surface area contributed by atoms with Gasteiger partial charge in [-0.25, -0.2) is 4.79 Å². The topological polar surface area (TPSA) is 65.0 Å². The van der Waals surface area contributed by atoms with E-state index in [0.717, 1.165) is 0 Å². The highest BCUT2D eigenvalue weighted by molar-refractivity contribution is 5.84. The fourth-order valence-electron chi connectivity index (χ4n) is 1.76. The molecule has 0 aromatic rings. The number of hydrogen-bond acceptors (Lipinski definition) is 5. The molecule has 2 atom stereocenters. The first-order valence-corrected chi connectivity index (χ1v) is 4.94. The van der Waals surface area contributed by atoms with Gasteiger partial charge in [0.25, 0.3) is 0 Å². The maximum Gasteiger partial charge on any atom is 0.331 e. The Hall–Kier alpha value is -0.910. The minimum absolute atomic E-state index is 0.287. The second-order valence-electron chi connectivity index (χ2n) is 3.86. The molecule has 15 heavy (non-hydrogen) atoms. The first-order chi connectivity index (χ1) is 7.09. The van der Waals surface area contributed by atoms with E-state index in [-0.39, 0.29) is 6.42 Å². The van der Waals surface area contributed by atoms with Crippen LogP contribution in [-0.4, -0.2) is 42.3 Å². The molecule has 2 aliphatic heterocycles. The zero-order valence-electron chi connectivity index (χ0n) is 8.51. The molecule has 1 N–H and O–H groups in total. The summed E-state index contributed by atoms with van der Waals surface area (Å²) in [4.78, 5) is 10.8. The summed E-state index contributed by atoms with van der Waals surface area (Å²) in [5.74, 6) is -1.18. The van der Waals surface area contributed by atoms with Crippen LogP contribution in [0.1, 0.15) is 13.3 Å². The SMILES string of the molecule is CC1(C[C@@H](O)[C@@H]2C=CC(=O)O2)OCCO1. The largest absolute Gasteiger partial charge is 0.452 e. The summed E-state index contributed by atoms with van der Waals surface area (Å²) in [7, 11) is 0. The van der Waals surface area contributed by atoms with Crippen LogP contribution in [0.3, 0.4) is 0 Å². The van der Waals surface area contributed by atoms with Crippen LogP contribution < -0.4 is 0 Å². The van der Waals surface area contributed by atoms with Gasteiger partial charge in [-0.05, 0) is 13.0 Å². The average Bonchev–Trinajstić information content (AvgIpc) is 2.75. The number of ether oxygens (including phenoxy) is 3. The van der Waals surface area contributed by atoms with Crippen molar-refractivity contribution in [3.63, 3.8) is 0 Å². The van der Waals surface area contributed by atoms with Crippen molar-refractivity contribution in [2.75, 3.05) is 13.2 Å². The predicted molar refractivity (Wildman–Crippen MR) is 50.0 cm³/mol. The Morgan fingerprint density at radius 3 is 2.80 bits per heavy atom. The maximum absolute atomic E-state index is 10.8. The molecule has 0 radical (unpaired) electrons. The fourth-order valence-corrected chi connectivity index (χ4v) is 1.76. The number of esters is 1. The minimum Gasteiger partial charge on any atom is -0.452 e. The Morgan fingerprint density at radius 2 is 2.27 bits per heavy atom. The van der Waals surface area contributed by atoms with Gasteiger partial charge in [-0.15, -0.1) is 0 Å². The molecule has 0 unspecified atom stereocenters. The van der Waals surface area contributed by atoms with Crippen molar-refractivity contribution in [3.8, 4) is 0 Å². The number of hydrogen-bond donors (Lipinski definition) is 1. The van der Waals surface area contributed by atoms with Gasteiger partial charge < -0.3 is 19.3 Å². The number of carbonyl (C=O) groups is 1. The molecule has 5 heteroatoms. The van der Waals surface area contributed by atoms with Gasteiger partial charge in [-0.3, -0.25) is 0 Å². The summed E-state index contributed by atoms with van der Waals surface area (Å²) >= 11 is 0. The molecule has 0 aromatic heterocycles. The number of rotatable bonds is 3. The molecule has 0 bridgehead atoms. The van der Waals surface area contributed by atoms with Gasteiger partial charge in [0, 0.05) is 12.5 Å². The van der Waals surface area contributed by atoms with E-state index < -0.39 is 24.0 Å². The second kappa shape index (κ2) is 3.92. The Balaban J connectivity index is 1.89. The van der Waals surface area contributed by atoms with Crippen LogP contribution in [0.15, 0.2) is 12.2 Å². The maximum atomic E-state index is 10.8. The summed E-state index contributed by atoms with van der Waals surface area (Å²) in [6, 6.07) is 0. The van der Waals surface area contributed by atoms with Crippen molar-refractivity contribution < 1.29 is 24.1 Å². The Labute approximate surface area is 87.6 Å². The van der Waals surface area contributed by atoms with Crippen molar-refractivity contribution in [1.29, 1.82) is 0 Å². The highest BCUT2D eigenvalue weighted by Gasteiger charge is 2.37. The molecule has 84 valence electrons. The second-order valence-corrected chi connectivity index (χ2v) is 3.86. The van der Waals surface area contributed by atoms with Crippen molar-refractivity contribution in [3.05, 3.63) is 12.2 Å². The van der Waals surface area contributed by atoms with E-state index in [1.54, 1.807) is 13.0 Å². The Bertz CT molecular complexity index is 280. The van der Waals surface area contributed by atoms with Crippen LogP contribution in [-0.2, 0) is 19.0 Å². The third-order valence-electron chi connectivity index (χ3n) is 2.53. The molecule has 2 rings (SSSR count). The van der Waals surface area contributed by atoms with E-state index in [1.165, 1.54) is 6.08 Å². The lowest BCUT2D eigenvalue weighted by Gasteiger charge is -2.26. The first-order valence-electron chi connectivity index (χ1n) is 4.94. The standard InChI is InChI=1S/C10H14O5/c1-10(13-4-5-14-10)6-7(11)8-2-3-9(12)15-8/h2-3,7-8,11H,4-6H2,1H3/t7-,8+/m1/s1. The van der Waals surface area contributed by atoms with Crippen molar-refractivity contribution >= 4 is 5.97 Å². The Kier molecular flexibility index (Phi) is 2.77. The smallest absolute Gasteiger partial charge is 0.331 e. The van der Waals surface area contributed by atoms with Crippen LogP contribution in [0.2, 0.25) is 0 Å². The van der Waals surface area contributed by atoms with E-state index in [9.17, 15) is 9.90 Å². The van der Waals surface area contributed by atoms with Crippen molar-refractivity contribution in [2.24, 2.45) is 0 Å². The number of aliphatic hydroxyl groups excluding tert-OH is 1. The zero-order chi connectivity index (χ0) is 10.9. The molecule has 2 aliphatic rings. The van der Waals surface area contributed by atoms with E-state index in [1.807, 2.05) is 0 Å². The quantitative estimate of drug-likeness (QED) is 0.669. The molecule has 0 saturated carbocycles. The number of aliphatic hydroxyl groups is 1. The molecule has 0 spiro atoms. The van der Waals surface area contributed by atoms with Crippen LogP contribution in [0.5, 0.6) is 0 Å². The van der Waals surface area contributed by atoms with E-state index in [0.29, 0.717) is 13.2 Å². The summed E-state index contributed by atoms with van der Waals surface area (Å²) in [6.07, 6.45) is 1.77. The lowest BCUT2D eigenvalue weighted by atomic mass is 10.1. The van der Waals surface area contributed by atoms with Crippen LogP contribution in [0.4, 0.5) is 0 Å². The van der Waals surface area contributed by atoms with Gasteiger partial charge in [-0.1, -0.05) is 0 Å². The van der Waals surface area contributed by atoms with Gasteiger partial charge in [0.05, 0.1) is 19.3 Å². The highest BCUT2D eigenvalue weighted by atomic mass is 16.7.